The molecule has 2 aliphatic rings. The zero-order valence-electron chi connectivity index (χ0n) is 19.7. The predicted octanol–water partition coefficient (Wildman–Crippen LogP) is 2.57. The predicted molar refractivity (Wildman–Crippen MR) is 125 cm³/mol. The molecule has 174 valence electrons. The fourth-order valence-corrected chi connectivity index (χ4v) is 4.18. The molecule has 0 aliphatic carbocycles. The van der Waals surface area contributed by atoms with E-state index in [4.69, 9.17) is 14.2 Å². The molecule has 2 aliphatic heterocycles. The number of nitrogens with one attached hydrogen (secondary N) is 2. The summed E-state index contributed by atoms with van der Waals surface area (Å²) in [5.41, 5.74) is 2.35. The van der Waals surface area contributed by atoms with E-state index >= 15 is 0 Å². The van der Waals surface area contributed by atoms with Gasteiger partial charge in [-0.05, 0) is 38.3 Å². The topological polar surface area (TPSA) is 67.3 Å². The quantitative estimate of drug-likeness (QED) is 0.462. The molecular weight excluding hydrogens is 392 g/mol. The molecule has 31 heavy (non-hydrogen) atoms. The Bertz CT molecular complexity index is 700. The molecule has 3 unspecified atom stereocenters. The number of aryl methyl sites for hydroxylation is 1. The molecule has 1 aromatic carbocycles. The number of hydrogen-bond acceptors (Lipinski definition) is 5. The number of aliphatic imine (C=N–C) groups is 1. The van der Waals surface area contributed by atoms with E-state index in [0.29, 0.717) is 18.5 Å². The number of morpholine rings is 1. The number of rotatable bonds is 9. The van der Waals surface area contributed by atoms with Crippen molar-refractivity contribution in [1.29, 1.82) is 0 Å². The van der Waals surface area contributed by atoms with Crippen LogP contribution in [0.3, 0.4) is 0 Å². The molecule has 0 saturated carbocycles. The summed E-state index contributed by atoms with van der Waals surface area (Å²) in [6.07, 6.45) is 2.30. The van der Waals surface area contributed by atoms with Crippen LogP contribution in [0, 0.1) is 12.8 Å². The Hall–Kier alpha value is -1.83. The average molecular weight is 433 g/mol. The molecule has 0 aromatic heterocycles. The average Bonchev–Trinajstić information content (AvgIpc) is 3.32. The standard InChI is InChI=1S/C24H40N4O3/c1-5-19(3)31-23-14-18(2)6-7-20(23)15-26-24(25-4)27-16-22(21-8-11-30-17-21)28-9-12-29-13-10-28/h6-7,14,19,21-22H,5,8-13,15-17H2,1-4H3,(H2,25,26,27). The van der Waals surface area contributed by atoms with Crippen molar-refractivity contribution in [3.8, 4) is 5.75 Å². The molecule has 2 N–H and O–H groups in total. The van der Waals surface area contributed by atoms with Crippen LogP contribution >= 0.6 is 0 Å². The van der Waals surface area contributed by atoms with Crippen LogP contribution in [0.25, 0.3) is 0 Å². The SMILES string of the molecule is CCC(C)Oc1cc(C)ccc1CNC(=NC)NCC(C1CCOC1)N1CCOCC1. The third-order valence-electron chi connectivity index (χ3n) is 6.30. The summed E-state index contributed by atoms with van der Waals surface area (Å²) in [6, 6.07) is 6.81. The molecular formula is C24H40N4O3. The molecule has 0 bridgehead atoms. The Labute approximate surface area is 187 Å². The van der Waals surface area contributed by atoms with E-state index in [2.05, 4.69) is 59.5 Å². The Kier molecular flexibility index (Phi) is 9.43. The highest BCUT2D eigenvalue weighted by molar-refractivity contribution is 5.79. The van der Waals surface area contributed by atoms with Crippen molar-refractivity contribution in [2.24, 2.45) is 10.9 Å². The van der Waals surface area contributed by atoms with Crippen molar-refractivity contribution in [2.75, 3.05) is 53.1 Å². The van der Waals surface area contributed by atoms with Crippen LogP contribution in [0.2, 0.25) is 0 Å². The highest BCUT2D eigenvalue weighted by Gasteiger charge is 2.31. The fourth-order valence-electron chi connectivity index (χ4n) is 4.18. The first kappa shape index (κ1) is 23.8. The second-order valence-electron chi connectivity index (χ2n) is 8.59. The molecule has 2 saturated heterocycles. The second kappa shape index (κ2) is 12.3. The summed E-state index contributed by atoms with van der Waals surface area (Å²) in [7, 11) is 1.82. The van der Waals surface area contributed by atoms with Crippen molar-refractivity contribution >= 4 is 5.96 Å². The normalized spacial score (nSPS) is 22.2. The maximum Gasteiger partial charge on any atom is 0.191 e. The highest BCUT2D eigenvalue weighted by Crippen LogP contribution is 2.23. The molecule has 1 aromatic rings. The van der Waals surface area contributed by atoms with Gasteiger partial charge in [-0.1, -0.05) is 19.1 Å². The van der Waals surface area contributed by atoms with E-state index in [1.54, 1.807) is 0 Å². The van der Waals surface area contributed by atoms with Gasteiger partial charge in [0.15, 0.2) is 5.96 Å². The number of hydrogen-bond donors (Lipinski definition) is 2. The molecule has 3 rings (SSSR count). The minimum Gasteiger partial charge on any atom is -0.490 e. The van der Waals surface area contributed by atoms with Gasteiger partial charge >= 0.3 is 0 Å². The first-order chi connectivity index (χ1) is 15.1. The van der Waals surface area contributed by atoms with E-state index in [0.717, 1.165) is 76.2 Å². The monoisotopic (exact) mass is 432 g/mol. The summed E-state index contributed by atoms with van der Waals surface area (Å²) in [4.78, 5) is 6.99. The van der Waals surface area contributed by atoms with Gasteiger partial charge in [0.2, 0.25) is 0 Å². The van der Waals surface area contributed by atoms with Gasteiger partial charge in [-0.25, -0.2) is 0 Å². The Morgan fingerprint density at radius 1 is 1.23 bits per heavy atom. The Morgan fingerprint density at radius 2 is 2.03 bits per heavy atom. The summed E-state index contributed by atoms with van der Waals surface area (Å²) < 4.78 is 17.4. The van der Waals surface area contributed by atoms with Gasteiger partial charge < -0.3 is 24.8 Å². The first-order valence-corrected chi connectivity index (χ1v) is 11.7. The minimum absolute atomic E-state index is 0.195. The van der Waals surface area contributed by atoms with Gasteiger partial charge in [0, 0.05) is 57.4 Å². The molecule has 0 amide bonds. The zero-order chi connectivity index (χ0) is 22.1. The summed E-state index contributed by atoms with van der Waals surface area (Å²) in [6.45, 7) is 13.2. The van der Waals surface area contributed by atoms with E-state index in [1.807, 2.05) is 7.05 Å². The maximum absolute atomic E-state index is 6.15. The van der Waals surface area contributed by atoms with Crippen LogP contribution in [0.5, 0.6) is 5.75 Å². The summed E-state index contributed by atoms with van der Waals surface area (Å²) >= 11 is 0. The molecule has 0 radical (unpaired) electrons. The lowest BCUT2D eigenvalue weighted by Gasteiger charge is -2.37. The number of benzene rings is 1. The smallest absolute Gasteiger partial charge is 0.191 e. The van der Waals surface area contributed by atoms with Gasteiger partial charge in [0.1, 0.15) is 5.75 Å². The van der Waals surface area contributed by atoms with E-state index in [1.165, 1.54) is 5.56 Å². The zero-order valence-corrected chi connectivity index (χ0v) is 19.7. The van der Waals surface area contributed by atoms with Crippen LogP contribution in [0.4, 0.5) is 0 Å². The van der Waals surface area contributed by atoms with E-state index in [-0.39, 0.29) is 6.10 Å². The van der Waals surface area contributed by atoms with Gasteiger partial charge in [0.05, 0.1) is 25.9 Å². The molecule has 2 fully saturated rings. The van der Waals surface area contributed by atoms with Crippen molar-refractivity contribution < 1.29 is 14.2 Å². The van der Waals surface area contributed by atoms with Crippen molar-refractivity contribution in [3.05, 3.63) is 29.3 Å². The van der Waals surface area contributed by atoms with Crippen molar-refractivity contribution in [2.45, 2.75) is 52.3 Å². The third kappa shape index (κ3) is 7.09. The number of ether oxygens (including phenoxy) is 3. The Balaban J connectivity index is 1.58. The van der Waals surface area contributed by atoms with E-state index in [9.17, 15) is 0 Å². The number of guanidine groups is 1. The molecule has 7 nitrogen and oxygen atoms in total. The second-order valence-corrected chi connectivity index (χ2v) is 8.59. The van der Waals surface area contributed by atoms with E-state index < -0.39 is 0 Å². The molecule has 7 heteroatoms. The maximum atomic E-state index is 6.15. The van der Waals surface area contributed by atoms with Crippen molar-refractivity contribution in [3.63, 3.8) is 0 Å². The first-order valence-electron chi connectivity index (χ1n) is 11.7. The van der Waals surface area contributed by atoms with Gasteiger partial charge in [0.25, 0.3) is 0 Å². The fraction of sp³-hybridized carbons (Fsp3) is 0.708. The largest absolute Gasteiger partial charge is 0.490 e. The molecule has 3 atom stereocenters. The van der Waals surface area contributed by atoms with Gasteiger partial charge in [-0.2, -0.15) is 0 Å². The lowest BCUT2D eigenvalue weighted by molar-refractivity contribution is 0.00246. The van der Waals surface area contributed by atoms with Crippen LogP contribution < -0.4 is 15.4 Å². The summed E-state index contributed by atoms with van der Waals surface area (Å²) in [5, 5.41) is 7.03. The lowest BCUT2D eigenvalue weighted by atomic mass is 9.97. The minimum atomic E-state index is 0.195. The van der Waals surface area contributed by atoms with Gasteiger partial charge in [-0.3, -0.25) is 9.89 Å². The van der Waals surface area contributed by atoms with Crippen LogP contribution in [0.1, 0.15) is 37.8 Å². The number of nitrogens with zero attached hydrogens (tertiary/aromatic N) is 2. The third-order valence-corrected chi connectivity index (χ3v) is 6.30. The highest BCUT2D eigenvalue weighted by atomic mass is 16.5. The summed E-state index contributed by atoms with van der Waals surface area (Å²) in [5.74, 6) is 2.31. The van der Waals surface area contributed by atoms with Crippen LogP contribution in [-0.2, 0) is 16.0 Å². The van der Waals surface area contributed by atoms with Crippen LogP contribution in [-0.4, -0.2) is 76.1 Å². The lowest BCUT2D eigenvalue weighted by Crippen LogP contribution is -2.53. The van der Waals surface area contributed by atoms with Gasteiger partial charge in [-0.15, -0.1) is 0 Å². The van der Waals surface area contributed by atoms with Crippen LogP contribution in [0.15, 0.2) is 23.2 Å². The molecule has 0 spiro atoms. The van der Waals surface area contributed by atoms with Crippen molar-refractivity contribution in [1.82, 2.24) is 15.5 Å². The Morgan fingerprint density at radius 3 is 2.71 bits per heavy atom. The molecule has 2 heterocycles.